The van der Waals surface area contributed by atoms with Crippen molar-refractivity contribution in [3.63, 3.8) is 0 Å². The van der Waals surface area contributed by atoms with Gasteiger partial charge in [0.15, 0.2) is 0 Å². The van der Waals surface area contributed by atoms with Gasteiger partial charge in [-0.2, -0.15) is 13.2 Å². The van der Waals surface area contributed by atoms with E-state index in [1.54, 1.807) is 0 Å². The molecule has 0 radical (unpaired) electrons. The van der Waals surface area contributed by atoms with Gasteiger partial charge in [0.2, 0.25) is 0 Å². The smallest absolute Gasteiger partial charge is 0.381 e. The summed E-state index contributed by atoms with van der Waals surface area (Å²) >= 11 is 0. The Morgan fingerprint density at radius 3 is 2.05 bits per heavy atom. The Morgan fingerprint density at radius 2 is 1.50 bits per heavy atom. The third kappa shape index (κ3) is 3.51. The van der Waals surface area contributed by atoms with Crippen molar-refractivity contribution >= 4 is 5.69 Å². The third-order valence-electron chi connectivity index (χ3n) is 3.03. The number of halogens is 3. The van der Waals surface area contributed by atoms with Crippen molar-refractivity contribution in [1.82, 2.24) is 0 Å². The van der Waals surface area contributed by atoms with Crippen LogP contribution in [0.5, 0.6) is 0 Å². The summed E-state index contributed by atoms with van der Waals surface area (Å²) in [6.07, 6.45) is -4.30. The first-order valence-corrected chi connectivity index (χ1v) is 6.18. The minimum absolute atomic E-state index is 0.435. The monoisotopic (exact) mass is 280 g/mol. The quantitative estimate of drug-likeness (QED) is 0.894. The summed E-state index contributed by atoms with van der Waals surface area (Å²) in [5.41, 5.74) is 7.69. The lowest BCUT2D eigenvalue weighted by Crippen LogP contribution is -2.07. The average Bonchev–Trinajstić information content (AvgIpc) is 2.45. The van der Waals surface area contributed by atoms with Crippen LogP contribution in [0, 0.1) is 0 Å². The van der Waals surface area contributed by atoms with Gasteiger partial charge in [-0.25, -0.2) is 0 Å². The van der Waals surface area contributed by atoms with Crippen molar-refractivity contribution < 1.29 is 13.2 Å². The lowest BCUT2D eigenvalue weighted by atomic mass is 10.1. The van der Waals surface area contributed by atoms with Gasteiger partial charge in [0.1, 0.15) is 0 Å². The molecule has 2 aromatic carbocycles. The van der Waals surface area contributed by atoms with Gasteiger partial charge >= 0.3 is 6.18 Å². The number of nitrogens with one attached hydrogen (secondary N) is 1. The van der Waals surface area contributed by atoms with E-state index in [1.165, 1.54) is 12.1 Å². The average molecular weight is 280 g/mol. The fourth-order valence-corrected chi connectivity index (χ4v) is 1.90. The minimum atomic E-state index is -4.30. The molecule has 0 aliphatic carbocycles. The highest BCUT2D eigenvalue weighted by atomic mass is 19.4. The molecule has 5 heteroatoms. The summed E-state index contributed by atoms with van der Waals surface area (Å²) in [4.78, 5) is 0. The molecule has 0 fully saturated rings. The number of rotatable bonds is 4. The zero-order valence-corrected chi connectivity index (χ0v) is 10.7. The number of nitrogens with two attached hydrogens (primary N) is 1. The topological polar surface area (TPSA) is 38.0 Å². The number of benzene rings is 2. The molecule has 2 nitrogen and oxygen atoms in total. The first-order chi connectivity index (χ1) is 9.50. The predicted octanol–water partition coefficient (Wildman–Crippen LogP) is 3.78. The van der Waals surface area contributed by atoms with E-state index < -0.39 is 11.7 Å². The fraction of sp³-hybridized carbons (Fsp3) is 0.200. The summed E-state index contributed by atoms with van der Waals surface area (Å²) in [6, 6.07) is 12.7. The van der Waals surface area contributed by atoms with Crippen molar-refractivity contribution in [2.75, 3.05) is 5.32 Å². The van der Waals surface area contributed by atoms with Gasteiger partial charge in [0, 0.05) is 18.8 Å². The highest BCUT2D eigenvalue weighted by Gasteiger charge is 2.29. The van der Waals surface area contributed by atoms with Gasteiger partial charge in [-0.15, -0.1) is 0 Å². The van der Waals surface area contributed by atoms with Crippen LogP contribution in [-0.4, -0.2) is 0 Å². The van der Waals surface area contributed by atoms with E-state index in [-0.39, 0.29) is 0 Å². The van der Waals surface area contributed by atoms with Gasteiger partial charge in [0.05, 0.1) is 5.56 Å². The van der Waals surface area contributed by atoms with Gasteiger partial charge in [-0.05, 0) is 35.4 Å². The summed E-state index contributed by atoms with van der Waals surface area (Å²) in [5, 5.41) is 3.09. The molecule has 0 unspecified atom stereocenters. The molecule has 0 aromatic heterocycles. The molecule has 2 rings (SSSR count). The maximum Gasteiger partial charge on any atom is 0.416 e. The van der Waals surface area contributed by atoms with Crippen LogP contribution in [0.25, 0.3) is 0 Å². The Balaban J connectivity index is 2.04. The maximum atomic E-state index is 12.4. The van der Waals surface area contributed by atoms with Crippen molar-refractivity contribution in [3.8, 4) is 0 Å². The molecule has 0 amide bonds. The molecule has 0 aliphatic rings. The fourth-order valence-electron chi connectivity index (χ4n) is 1.90. The van der Waals surface area contributed by atoms with E-state index in [9.17, 15) is 13.2 Å². The summed E-state index contributed by atoms with van der Waals surface area (Å²) in [6.45, 7) is 0.962. The first-order valence-electron chi connectivity index (χ1n) is 6.18. The number of anilines is 1. The van der Waals surface area contributed by atoms with Crippen LogP contribution in [0.4, 0.5) is 18.9 Å². The van der Waals surface area contributed by atoms with Crippen LogP contribution in [-0.2, 0) is 19.3 Å². The van der Waals surface area contributed by atoms with Crippen molar-refractivity contribution in [3.05, 3.63) is 65.2 Å². The van der Waals surface area contributed by atoms with Gasteiger partial charge in [-0.1, -0.05) is 24.3 Å². The molecular formula is C15H15F3N2. The third-order valence-corrected chi connectivity index (χ3v) is 3.03. The Kier molecular flexibility index (Phi) is 4.29. The van der Waals surface area contributed by atoms with E-state index in [0.29, 0.717) is 18.8 Å². The van der Waals surface area contributed by atoms with E-state index >= 15 is 0 Å². The molecule has 0 saturated heterocycles. The van der Waals surface area contributed by atoms with Crippen molar-refractivity contribution in [2.45, 2.75) is 19.3 Å². The van der Waals surface area contributed by atoms with Gasteiger partial charge in [-0.3, -0.25) is 0 Å². The largest absolute Gasteiger partial charge is 0.416 e. The molecule has 0 bridgehead atoms. The predicted molar refractivity (Wildman–Crippen MR) is 73.1 cm³/mol. The molecule has 106 valence electrons. The molecule has 2 aromatic rings. The molecule has 20 heavy (non-hydrogen) atoms. The van der Waals surface area contributed by atoms with Crippen LogP contribution in [0.15, 0.2) is 48.5 Å². The summed E-state index contributed by atoms with van der Waals surface area (Å²) < 4.78 is 37.3. The molecular weight excluding hydrogens is 265 g/mol. The lowest BCUT2D eigenvalue weighted by Gasteiger charge is -2.11. The maximum absolute atomic E-state index is 12.4. The van der Waals surface area contributed by atoms with E-state index in [4.69, 9.17) is 5.73 Å². The number of alkyl halides is 3. The SMILES string of the molecule is NCc1ccccc1CNc1ccc(C(F)(F)F)cc1. The second-order valence-corrected chi connectivity index (χ2v) is 4.40. The Hall–Kier alpha value is -2.01. The molecule has 0 spiro atoms. The zero-order valence-electron chi connectivity index (χ0n) is 10.7. The Morgan fingerprint density at radius 1 is 0.900 bits per heavy atom. The van der Waals surface area contributed by atoms with E-state index in [2.05, 4.69) is 5.32 Å². The summed E-state index contributed by atoms with van der Waals surface area (Å²) in [5.74, 6) is 0. The standard InChI is InChI=1S/C15H15F3N2/c16-15(17,18)13-5-7-14(8-6-13)20-10-12-4-2-1-3-11(12)9-19/h1-8,20H,9-10,19H2. The van der Waals surface area contributed by atoms with Gasteiger partial charge < -0.3 is 11.1 Å². The molecule has 0 atom stereocenters. The van der Waals surface area contributed by atoms with Crippen LogP contribution in [0.1, 0.15) is 16.7 Å². The minimum Gasteiger partial charge on any atom is -0.381 e. The Bertz CT molecular complexity index is 562. The number of hydrogen-bond acceptors (Lipinski definition) is 2. The molecule has 0 heterocycles. The van der Waals surface area contributed by atoms with Crippen LogP contribution < -0.4 is 11.1 Å². The van der Waals surface area contributed by atoms with E-state index in [0.717, 1.165) is 23.3 Å². The normalized spacial score (nSPS) is 11.4. The highest BCUT2D eigenvalue weighted by Crippen LogP contribution is 2.29. The van der Waals surface area contributed by atoms with Crippen LogP contribution >= 0.6 is 0 Å². The van der Waals surface area contributed by atoms with Gasteiger partial charge in [0.25, 0.3) is 0 Å². The number of hydrogen-bond donors (Lipinski definition) is 2. The van der Waals surface area contributed by atoms with Crippen LogP contribution in [0.2, 0.25) is 0 Å². The first kappa shape index (κ1) is 14.4. The molecule has 0 aliphatic heterocycles. The second-order valence-electron chi connectivity index (χ2n) is 4.40. The van der Waals surface area contributed by atoms with Crippen molar-refractivity contribution in [2.24, 2.45) is 5.73 Å². The van der Waals surface area contributed by atoms with E-state index in [1.807, 2.05) is 24.3 Å². The summed E-state index contributed by atoms with van der Waals surface area (Å²) in [7, 11) is 0. The van der Waals surface area contributed by atoms with Crippen molar-refractivity contribution in [1.29, 1.82) is 0 Å². The molecule has 3 N–H and O–H groups in total. The zero-order chi connectivity index (χ0) is 14.6. The molecule has 0 saturated carbocycles. The van der Waals surface area contributed by atoms with Crippen LogP contribution in [0.3, 0.4) is 0 Å². The lowest BCUT2D eigenvalue weighted by molar-refractivity contribution is -0.137. The second kappa shape index (κ2) is 5.96. The Labute approximate surface area is 115 Å². The highest BCUT2D eigenvalue weighted by molar-refractivity contribution is 5.46.